The van der Waals surface area contributed by atoms with Crippen molar-refractivity contribution in [2.75, 3.05) is 0 Å². The highest BCUT2D eigenvalue weighted by atomic mass is 19.4. The van der Waals surface area contributed by atoms with Gasteiger partial charge >= 0.3 is 12.4 Å². The van der Waals surface area contributed by atoms with Crippen LogP contribution in [0.1, 0.15) is 69.7 Å². The van der Waals surface area contributed by atoms with Crippen molar-refractivity contribution in [1.82, 2.24) is 0 Å². The van der Waals surface area contributed by atoms with Gasteiger partial charge in [-0.2, -0.15) is 31.6 Å². The lowest BCUT2D eigenvalue weighted by molar-refractivity contribution is -0.288. The number of terminal acetylenes is 1. The van der Waals surface area contributed by atoms with Gasteiger partial charge in [0, 0.05) is 6.42 Å². The summed E-state index contributed by atoms with van der Waals surface area (Å²) >= 11 is 0. The van der Waals surface area contributed by atoms with Gasteiger partial charge in [0.15, 0.2) is 0 Å². The third-order valence-electron chi connectivity index (χ3n) is 7.19. The minimum absolute atomic E-state index is 0.0318. The number of hydrogen-bond acceptors (Lipinski definition) is 3. The van der Waals surface area contributed by atoms with Crippen LogP contribution >= 0.6 is 0 Å². The molecule has 0 N–H and O–H groups in total. The molecule has 0 aliphatic rings. The number of rotatable bonds is 8. The largest absolute Gasteiger partial charge is 0.487 e. The number of hydrogen-bond donors (Lipinski definition) is 0. The van der Waals surface area contributed by atoms with Crippen LogP contribution in [0, 0.1) is 23.7 Å². The van der Waals surface area contributed by atoms with Crippen molar-refractivity contribution in [3.05, 3.63) is 89.0 Å². The fourth-order valence-electron chi connectivity index (χ4n) is 4.75. The zero-order valence-electron chi connectivity index (χ0n) is 23.9. The molecule has 0 heterocycles. The zero-order valence-corrected chi connectivity index (χ0v) is 23.9. The second-order valence-electron chi connectivity index (χ2n) is 11.2. The van der Waals surface area contributed by atoms with E-state index < -0.39 is 39.9 Å². The molecule has 0 aromatic heterocycles. The summed E-state index contributed by atoms with van der Waals surface area (Å²) in [5.74, 6) is 2.65. The first-order valence-electron chi connectivity index (χ1n) is 13.1. The Bertz CT molecular complexity index is 1460. The van der Waals surface area contributed by atoms with E-state index in [2.05, 4.69) is 12.0 Å². The Morgan fingerprint density at radius 3 is 1.67 bits per heavy atom. The maximum absolute atomic E-state index is 14.6. The van der Waals surface area contributed by atoms with E-state index in [1.54, 1.807) is 26.0 Å². The van der Waals surface area contributed by atoms with E-state index in [-0.39, 0.29) is 29.2 Å². The third-order valence-corrected chi connectivity index (χ3v) is 7.19. The Hall–Kier alpha value is -4.11. The first-order valence-corrected chi connectivity index (χ1v) is 13.1. The fraction of sp³-hybridized carbons (Fsp3) is 0.364. The number of benzene rings is 3. The summed E-state index contributed by atoms with van der Waals surface area (Å²) in [5.41, 5.74) is -6.76. The van der Waals surface area contributed by atoms with E-state index in [0.29, 0.717) is 12.0 Å². The lowest BCUT2D eigenvalue weighted by Gasteiger charge is -2.38. The highest BCUT2D eigenvalue weighted by Gasteiger charge is 2.72. The van der Waals surface area contributed by atoms with Crippen LogP contribution in [0.3, 0.4) is 0 Å². The molecule has 3 nitrogen and oxygen atoms in total. The average Bonchev–Trinajstić information content (AvgIpc) is 2.89. The van der Waals surface area contributed by atoms with Crippen LogP contribution in [0.25, 0.3) is 0 Å². The minimum Gasteiger partial charge on any atom is -0.487 e. The van der Waals surface area contributed by atoms with Crippen LogP contribution in [-0.2, 0) is 10.8 Å². The van der Waals surface area contributed by atoms with E-state index in [4.69, 9.17) is 15.9 Å². The van der Waals surface area contributed by atoms with Crippen molar-refractivity contribution in [2.45, 2.75) is 76.2 Å². The molecule has 42 heavy (non-hydrogen) atoms. The van der Waals surface area contributed by atoms with Gasteiger partial charge in [0.25, 0.3) is 0 Å². The summed E-state index contributed by atoms with van der Waals surface area (Å²) in [6.45, 7) is 9.20. The van der Waals surface area contributed by atoms with Crippen molar-refractivity contribution >= 4 is 0 Å². The van der Waals surface area contributed by atoms with Crippen LogP contribution in [0.4, 0.5) is 26.3 Å². The molecule has 0 unspecified atom stereocenters. The molecule has 0 spiro atoms. The zero-order chi connectivity index (χ0) is 31.6. The fourth-order valence-corrected chi connectivity index (χ4v) is 4.75. The number of ether oxygens (including phenoxy) is 2. The van der Waals surface area contributed by atoms with Crippen molar-refractivity contribution in [3.8, 4) is 35.7 Å². The number of halogens is 6. The van der Waals surface area contributed by atoms with Gasteiger partial charge in [0.05, 0.1) is 5.56 Å². The van der Waals surface area contributed by atoms with Crippen LogP contribution in [-0.4, -0.2) is 18.0 Å². The summed E-state index contributed by atoms with van der Waals surface area (Å²) in [4.78, 5) is 0. The van der Waals surface area contributed by atoms with E-state index in [9.17, 15) is 31.6 Å². The van der Waals surface area contributed by atoms with Crippen LogP contribution < -0.4 is 9.47 Å². The van der Waals surface area contributed by atoms with Gasteiger partial charge in [0.1, 0.15) is 28.9 Å². The van der Waals surface area contributed by atoms with Gasteiger partial charge in [0.2, 0.25) is 5.41 Å². The second kappa shape index (κ2) is 11.6. The molecule has 9 heteroatoms. The monoisotopic (exact) mass is 587 g/mol. The summed E-state index contributed by atoms with van der Waals surface area (Å²) in [6.07, 6.45) is -5.47. The molecule has 3 rings (SSSR count). The number of alkyl halides is 6. The van der Waals surface area contributed by atoms with Crippen molar-refractivity contribution in [2.24, 2.45) is 0 Å². The predicted octanol–water partition coefficient (Wildman–Crippen LogP) is 9.63. The van der Waals surface area contributed by atoms with Gasteiger partial charge in [-0.05, 0) is 65.8 Å². The van der Waals surface area contributed by atoms with Gasteiger partial charge in [-0.3, -0.25) is 0 Å². The molecule has 0 aliphatic heterocycles. The smallest absolute Gasteiger partial charge is 0.411 e. The molecule has 0 radical (unpaired) electrons. The molecule has 0 saturated carbocycles. The van der Waals surface area contributed by atoms with Gasteiger partial charge in [-0.1, -0.05) is 64.1 Å². The topological polar surface area (TPSA) is 42.2 Å². The molecule has 0 bridgehead atoms. The molecule has 0 fully saturated rings. The summed E-state index contributed by atoms with van der Waals surface area (Å²) in [5, 5.41) is 9.72. The Kier molecular flexibility index (Phi) is 8.98. The second-order valence-corrected chi connectivity index (χ2v) is 11.2. The summed E-state index contributed by atoms with van der Waals surface area (Å²) in [6, 6.07) is 14.2. The molecule has 3 aromatic rings. The lowest BCUT2D eigenvalue weighted by Crippen LogP contribution is -2.54. The molecule has 1 atom stereocenters. The molecular formula is C33H31F6NO2. The Balaban J connectivity index is 2.08. The normalized spacial score (nSPS) is 13.9. The molecule has 0 aliphatic carbocycles. The van der Waals surface area contributed by atoms with Gasteiger partial charge in [-0.25, -0.2) is 0 Å². The maximum Gasteiger partial charge on any atom is 0.411 e. The SMILES string of the molecule is C#CC[C@](C)(CC)Oc1ccc(C(c2ccc(Oc3cccc(C(C)(C)C)c3C#N)cc2)(C(F)(F)F)C(F)(F)F)cc1. The Morgan fingerprint density at radius 1 is 0.762 bits per heavy atom. The molecular weight excluding hydrogens is 556 g/mol. The number of nitrogens with zero attached hydrogens (tertiary/aromatic N) is 1. The van der Waals surface area contributed by atoms with E-state index in [1.807, 2.05) is 20.8 Å². The van der Waals surface area contributed by atoms with Crippen LogP contribution in [0.5, 0.6) is 17.2 Å². The Labute approximate surface area is 242 Å². The molecule has 3 aromatic carbocycles. The van der Waals surface area contributed by atoms with Crippen LogP contribution in [0.15, 0.2) is 66.7 Å². The first kappa shape index (κ1) is 32.4. The first-order chi connectivity index (χ1) is 19.4. The Morgan fingerprint density at radius 2 is 1.26 bits per heavy atom. The molecule has 0 saturated heterocycles. The standard InChI is InChI=1S/C33H31F6NO2/c1-7-20-30(6,8-2)42-25-18-14-23(15-19-25)31(32(34,35)36,33(37,38)39)22-12-16-24(17-13-22)41-28-11-9-10-27(26(28)21-40)29(3,4)5/h1,9-19H,8,20H2,2-6H3/t30-/m0/s1. The van der Waals surface area contributed by atoms with E-state index >= 15 is 0 Å². The van der Waals surface area contributed by atoms with Crippen LogP contribution in [0.2, 0.25) is 0 Å². The van der Waals surface area contributed by atoms with E-state index in [1.165, 1.54) is 6.07 Å². The lowest BCUT2D eigenvalue weighted by atomic mass is 9.73. The minimum atomic E-state index is -5.76. The predicted molar refractivity (Wildman–Crippen MR) is 148 cm³/mol. The summed E-state index contributed by atoms with van der Waals surface area (Å²) < 4.78 is 99.4. The van der Waals surface area contributed by atoms with Gasteiger partial charge < -0.3 is 9.47 Å². The summed E-state index contributed by atoms with van der Waals surface area (Å²) in [7, 11) is 0. The quantitative estimate of drug-likeness (QED) is 0.195. The number of nitriles is 1. The van der Waals surface area contributed by atoms with Gasteiger partial charge in [-0.15, -0.1) is 12.3 Å². The van der Waals surface area contributed by atoms with Crippen molar-refractivity contribution < 1.29 is 35.8 Å². The van der Waals surface area contributed by atoms with E-state index in [0.717, 1.165) is 48.5 Å². The van der Waals surface area contributed by atoms with Crippen molar-refractivity contribution in [3.63, 3.8) is 0 Å². The third kappa shape index (κ3) is 6.21. The molecule has 222 valence electrons. The highest BCUT2D eigenvalue weighted by molar-refractivity contribution is 5.53. The average molecular weight is 588 g/mol. The maximum atomic E-state index is 14.6. The molecule has 0 amide bonds. The van der Waals surface area contributed by atoms with Crippen molar-refractivity contribution in [1.29, 1.82) is 5.26 Å². The highest BCUT2D eigenvalue weighted by Crippen LogP contribution is 2.56.